The summed E-state index contributed by atoms with van der Waals surface area (Å²) in [5, 5.41) is 2.82. The molecule has 4 nitrogen and oxygen atoms in total. The van der Waals surface area contributed by atoms with Crippen molar-refractivity contribution in [1.82, 2.24) is 0 Å². The number of amides is 1. The number of ether oxygens (including phenoxy) is 2. The molecule has 3 aromatic carbocycles. The molecule has 0 unspecified atom stereocenters. The summed E-state index contributed by atoms with van der Waals surface area (Å²) >= 11 is 0. The van der Waals surface area contributed by atoms with Gasteiger partial charge in [-0.15, -0.1) is 0 Å². The first-order valence-electron chi connectivity index (χ1n) is 9.39. The molecule has 0 saturated carbocycles. The molecule has 0 bridgehead atoms. The quantitative estimate of drug-likeness (QED) is 0.573. The number of nitrogens with one attached hydrogen (secondary N) is 1. The molecular weight excluding hydrogens is 350 g/mol. The molecule has 4 heteroatoms. The molecule has 0 radical (unpaired) electrons. The number of rotatable bonds is 8. The van der Waals surface area contributed by atoms with Crippen LogP contribution in [0, 0.1) is 0 Å². The smallest absolute Gasteiger partial charge is 0.262 e. The van der Waals surface area contributed by atoms with Gasteiger partial charge in [-0.2, -0.15) is 0 Å². The van der Waals surface area contributed by atoms with Crippen molar-refractivity contribution >= 4 is 11.6 Å². The van der Waals surface area contributed by atoms with Gasteiger partial charge in [0.2, 0.25) is 0 Å². The third-order valence-electron chi connectivity index (χ3n) is 4.30. The van der Waals surface area contributed by atoms with Crippen LogP contribution in [0.1, 0.15) is 30.9 Å². The van der Waals surface area contributed by atoms with Gasteiger partial charge in [-0.3, -0.25) is 4.79 Å². The van der Waals surface area contributed by atoms with Gasteiger partial charge in [-0.05, 0) is 53.4 Å². The van der Waals surface area contributed by atoms with Crippen molar-refractivity contribution in [2.45, 2.75) is 26.4 Å². The molecule has 0 aliphatic heterocycles. The maximum atomic E-state index is 12.1. The fourth-order valence-corrected chi connectivity index (χ4v) is 2.67. The van der Waals surface area contributed by atoms with Crippen LogP contribution in [-0.4, -0.2) is 12.5 Å². The van der Waals surface area contributed by atoms with Gasteiger partial charge in [-0.25, -0.2) is 0 Å². The Morgan fingerprint density at radius 2 is 1.43 bits per heavy atom. The summed E-state index contributed by atoms with van der Waals surface area (Å²) in [4.78, 5) is 12.1. The number of benzene rings is 3. The van der Waals surface area contributed by atoms with Crippen LogP contribution >= 0.6 is 0 Å². The molecule has 0 heterocycles. The van der Waals surface area contributed by atoms with Crippen LogP contribution in [-0.2, 0) is 11.4 Å². The number of anilines is 1. The fourth-order valence-electron chi connectivity index (χ4n) is 2.67. The molecule has 3 rings (SSSR count). The lowest BCUT2D eigenvalue weighted by Gasteiger charge is -2.10. The highest BCUT2D eigenvalue weighted by Gasteiger charge is 2.05. The largest absolute Gasteiger partial charge is 0.489 e. The second-order valence-electron chi connectivity index (χ2n) is 6.86. The molecule has 0 aliphatic rings. The summed E-state index contributed by atoms with van der Waals surface area (Å²) in [5.74, 6) is 1.70. The highest BCUT2D eigenvalue weighted by Crippen LogP contribution is 2.19. The Balaban J connectivity index is 1.45. The predicted molar refractivity (Wildman–Crippen MR) is 112 cm³/mol. The fraction of sp³-hybridized carbons (Fsp3) is 0.208. The molecule has 0 atom stereocenters. The van der Waals surface area contributed by atoms with Crippen LogP contribution in [0.5, 0.6) is 11.5 Å². The van der Waals surface area contributed by atoms with E-state index in [-0.39, 0.29) is 12.5 Å². The summed E-state index contributed by atoms with van der Waals surface area (Å²) < 4.78 is 11.3. The lowest BCUT2D eigenvalue weighted by molar-refractivity contribution is -0.118. The Morgan fingerprint density at radius 1 is 0.821 bits per heavy atom. The van der Waals surface area contributed by atoms with Crippen LogP contribution in [0.15, 0.2) is 78.9 Å². The van der Waals surface area contributed by atoms with E-state index in [9.17, 15) is 4.79 Å². The van der Waals surface area contributed by atoms with E-state index in [0.29, 0.717) is 24.0 Å². The van der Waals surface area contributed by atoms with Gasteiger partial charge >= 0.3 is 0 Å². The summed E-state index contributed by atoms with van der Waals surface area (Å²) in [5.41, 5.74) is 3.06. The lowest BCUT2D eigenvalue weighted by Crippen LogP contribution is -2.20. The Hall–Kier alpha value is -3.27. The number of hydrogen-bond acceptors (Lipinski definition) is 3. The van der Waals surface area contributed by atoms with Crippen LogP contribution in [0.3, 0.4) is 0 Å². The SMILES string of the molecule is CC(C)c1ccc(OCC(=O)Nc2ccc(OCc3ccccc3)cc2)cc1. The Bertz CT molecular complexity index is 872. The molecule has 0 fully saturated rings. The molecule has 0 aliphatic carbocycles. The molecule has 3 aromatic rings. The highest BCUT2D eigenvalue weighted by atomic mass is 16.5. The number of carbonyl (C=O) groups excluding carboxylic acids is 1. The van der Waals surface area contributed by atoms with Gasteiger partial charge in [0.1, 0.15) is 18.1 Å². The first-order valence-corrected chi connectivity index (χ1v) is 9.39. The third kappa shape index (κ3) is 5.88. The molecule has 0 spiro atoms. The second kappa shape index (κ2) is 9.60. The Labute approximate surface area is 166 Å². The van der Waals surface area contributed by atoms with Crippen molar-refractivity contribution in [2.24, 2.45) is 0 Å². The molecule has 28 heavy (non-hydrogen) atoms. The second-order valence-corrected chi connectivity index (χ2v) is 6.86. The number of carbonyl (C=O) groups is 1. The van der Waals surface area contributed by atoms with Gasteiger partial charge in [0, 0.05) is 5.69 Å². The highest BCUT2D eigenvalue weighted by molar-refractivity contribution is 5.91. The monoisotopic (exact) mass is 375 g/mol. The zero-order valence-electron chi connectivity index (χ0n) is 16.2. The average molecular weight is 375 g/mol. The average Bonchev–Trinajstić information content (AvgIpc) is 2.73. The molecule has 0 aromatic heterocycles. The van der Waals surface area contributed by atoms with Gasteiger partial charge in [0.25, 0.3) is 5.91 Å². The molecule has 0 saturated heterocycles. The van der Waals surface area contributed by atoms with Crippen molar-refractivity contribution in [3.05, 3.63) is 90.0 Å². The van der Waals surface area contributed by atoms with E-state index in [1.807, 2.05) is 78.9 Å². The van der Waals surface area contributed by atoms with E-state index in [4.69, 9.17) is 9.47 Å². The molecule has 1 N–H and O–H groups in total. The van der Waals surface area contributed by atoms with Crippen LogP contribution in [0.4, 0.5) is 5.69 Å². The predicted octanol–water partition coefficient (Wildman–Crippen LogP) is 5.41. The zero-order chi connectivity index (χ0) is 19.8. The van der Waals surface area contributed by atoms with Crippen molar-refractivity contribution < 1.29 is 14.3 Å². The maximum Gasteiger partial charge on any atom is 0.262 e. The van der Waals surface area contributed by atoms with Gasteiger partial charge in [0.05, 0.1) is 0 Å². The minimum Gasteiger partial charge on any atom is -0.489 e. The molecule has 1 amide bonds. The first kappa shape index (κ1) is 19.5. The van der Waals surface area contributed by atoms with E-state index >= 15 is 0 Å². The zero-order valence-corrected chi connectivity index (χ0v) is 16.2. The standard InChI is InChI=1S/C24H25NO3/c1-18(2)20-8-12-22(13-9-20)28-17-24(26)25-21-10-14-23(15-11-21)27-16-19-6-4-3-5-7-19/h3-15,18H,16-17H2,1-2H3,(H,25,26). The van der Waals surface area contributed by atoms with Crippen LogP contribution in [0.2, 0.25) is 0 Å². The van der Waals surface area contributed by atoms with Gasteiger partial charge < -0.3 is 14.8 Å². The van der Waals surface area contributed by atoms with E-state index in [1.165, 1.54) is 5.56 Å². The third-order valence-corrected chi connectivity index (χ3v) is 4.30. The van der Waals surface area contributed by atoms with Crippen LogP contribution < -0.4 is 14.8 Å². The summed E-state index contributed by atoms with van der Waals surface area (Å²) in [6.07, 6.45) is 0. The van der Waals surface area contributed by atoms with E-state index in [0.717, 1.165) is 11.3 Å². The van der Waals surface area contributed by atoms with Crippen molar-refractivity contribution in [2.75, 3.05) is 11.9 Å². The van der Waals surface area contributed by atoms with E-state index in [2.05, 4.69) is 19.2 Å². The lowest BCUT2D eigenvalue weighted by atomic mass is 10.0. The normalized spacial score (nSPS) is 10.5. The van der Waals surface area contributed by atoms with Crippen molar-refractivity contribution in [1.29, 1.82) is 0 Å². The van der Waals surface area contributed by atoms with Crippen LogP contribution in [0.25, 0.3) is 0 Å². The van der Waals surface area contributed by atoms with Crippen molar-refractivity contribution in [3.63, 3.8) is 0 Å². The van der Waals surface area contributed by atoms with E-state index < -0.39 is 0 Å². The minimum atomic E-state index is -0.203. The Morgan fingerprint density at radius 3 is 2.07 bits per heavy atom. The molecular formula is C24H25NO3. The van der Waals surface area contributed by atoms with Gasteiger partial charge in [0.15, 0.2) is 6.61 Å². The van der Waals surface area contributed by atoms with E-state index in [1.54, 1.807) is 0 Å². The molecule has 144 valence electrons. The van der Waals surface area contributed by atoms with Crippen molar-refractivity contribution in [3.8, 4) is 11.5 Å². The summed E-state index contributed by atoms with van der Waals surface area (Å²) in [7, 11) is 0. The summed E-state index contributed by atoms with van der Waals surface area (Å²) in [6.45, 7) is 4.76. The topological polar surface area (TPSA) is 47.6 Å². The maximum absolute atomic E-state index is 12.1. The Kier molecular flexibility index (Phi) is 6.68. The number of hydrogen-bond donors (Lipinski definition) is 1. The minimum absolute atomic E-state index is 0.0344. The first-order chi connectivity index (χ1) is 13.6. The summed E-state index contributed by atoms with van der Waals surface area (Å²) in [6, 6.07) is 25.1. The van der Waals surface area contributed by atoms with Gasteiger partial charge in [-0.1, -0.05) is 56.3 Å².